The number of hydrogen-bond acceptors (Lipinski definition) is 7. The van der Waals surface area contributed by atoms with E-state index in [0.29, 0.717) is 28.0 Å². The third-order valence-electron chi connectivity index (χ3n) is 6.36. The van der Waals surface area contributed by atoms with Gasteiger partial charge in [-0.2, -0.15) is 0 Å². The first-order valence-electron chi connectivity index (χ1n) is 10.5. The number of aromatic hydroxyl groups is 2. The lowest BCUT2D eigenvalue weighted by atomic mass is 9.79. The number of ether oxygens (including phenoxy) is 2. The number of phenolic OH excluding ortho intramolecular Hbond substituents is 2. The molecule has 7 heteroatoms. The predicted molar refractivity (Wildman–Crippen MR) is 118 cm³/mol. The van der Waals surface area contributed by atoms with E-state index in [4.69, 9.17) is 9.47 Å². The summed E-state index contributed by atoms with van der Waals surface area (Å²) < 4.78 is 12.2. The molecule has 3 unspecified atom stereocenters. The van der Waals surface area contributed by atoms with Gasteiger partial charge in [-0.15, -0.1) is 0 Å². The number of rotatable bonds is 4. The molecule has 0 radical (unpaired) electrons. The van der Waals surface area contributed by atoms with E-state index in [1.54, 1.807) is 39.8 Å². The minimum atomic E-state index is -1.21. The van der Waals surface area contributed by atoms with E-state index in [2.05, 4.69) is 6.58 Å². The molecule has 0 saturated carbocycles. The van der Waals surface area contributed by atoms with Crippen LogP contribution < -0.4 is 9.47 Å². The largest absolute Gasteiger partial charge is 0.507 e. The monoisotopic (exact) mass is 440 g/mol. The van der Waals surface area contributed by atoms with Gasteiger partial charge in [0.2, 0.25) is 5.78 Å². The highest BCUT2D eigenvalue weighted by molar-refractivity contribution is 6.16. The summed E-state index contributed by atoms with van der Waals surface area (Å²) in [5, 5.41) is 42.7. The molecule has 4 rings (SSSR count). The summed E-state index contributed by atoms with van der Waals surface area (Å²) in [6.45, 7) is 10.6. The van der Waals surface area contributed by atoms with Crippen LogP contribution in [-0.4, -0.2) is 44.5 Å². The van der Waals surface area contributed by atoms with Gasteiger partial charge in [0.15, 0.2) is 0 Å². The highest BCUT2D eigenvalue weighted by atomic mass is 16.5. The third kappa shape index (κ3) is 3.42. The van der Waals surface area contributed by atoms with Gasteiger partial charge < -0.3 is 29.9 Å². The standard InChI is InChI=1S/C25H28O7/c1-11(2)15(26)9-13-6-7-17-19(21(13)28)22(29)18-16(27)8-12(3)23-20(18)24(32-17)14(10-31-23)25(4,5)30/h6-8,14-15,24,26-28,30H,1,9-10H2,2-5H3. The van der Waals surface area contributed by atoms with Crippen molar-refractivity contribution >= 4 is 5.78 Å². The van der Waals surface area contributed by atoms with Crippen LogP contribution in [0.5, 0.6) is 23.0 Å². The fourth-order valence-corrected chi connectivity index (χ4v) is 4.43. The Morgan fingerprint density at radius 1 is 1.28 bits per heavy atom. The van der Waals surface area contributed by atoms with Crippen molar-refractivity contribution in [2.45, 2.75) is 51.9 Å². The zero-order chi connectivity index (χ0) is 23.5. The Bertz CT molecular complexity index is 1130. The molecule has 2 heterocycles. The van der Waals surface area contributed by atoms with Gasteiger partial charge >= 0.3 is 0 Å². The topological polar surface area (TPSA) is 116 Å². The molecule has 170 valence electrons. The molecule has 32 heavy (non-hydrogen) atoms. The van der Waals surface area contributed by atoms with Crippen LogP contribution in [0, 0.1) is 12.8 Å². The number of ketones is 1. The van der Waals surface area contributed by atoms with Gasteiger partial charge in [-0.25, -0.2) is 0 Å². The summed E-state index contributed by atoms with van der Waals surface area (Å²) in [5.74, 6) is -1.15. The molecule has 7 nitrogen and oxygen atoms in total. The molecule has 2 aromatic carbocycles. The maximum absolute atomic E-state index is 13.6. The number of benzene rings is 2. The Morgan fingerprint density at radius 2 is 1.97 bits per heavy atom. The van der Waals surface area contributed by atoms with Crippen LogP contribution in [0.15, 0.2) is 30.4 Å². The van der Waals surface area contributed by atoms with Crippen molar-refractivity contribution in [2.24, 2.45) is 5.92 Å². The van der Waals surface area contributed by atoms with E-state index >= 15 is 0 Å². The molecule has 2 aliphatic heterocycles. The van der Waals surface area contributed by atoms with Crippen LogP contribution >= 0.6 is 0 Å². The normalized spacial score (nSPS) is 20.4. The zero-order valence-electron chi connectivity index (χ0n) is 18.6. The highest BCUT2D eigenvalue weighted by Crippen LogP contribution is 2.52. The molecule has 0 bridgehead atoms. The number of aryl methyl sites for hydroxylation is 1. The van der Waals surface area contributed by atoms with Crippen molar-refractivity contribution in [1.29, 1.82) is 0 Å². The minimum Gasteiger partial charge on any atom is -0.507 e. The van der Waals surface area contributed by atoms with E-state index in [-0.39, 0.29) is 41.4 Å². The molecule has 0 spiro atoms. The Labute approximate surface area is 186 Å². The van der Waals surface area contributed by atoms with E-state index < -0.39 is 29.5 Å². The van der Waals surface area contributed by atoms with Gasteiger partial charge in [-0.1, -0.05) is 18.2 Å². The molecule has 2 aliphatic rings. The molecule has 3 atom stereocenters. The van der Waals surface area contributed by atoms with Crippen LogP contribution in [0.3, 0.4) is 0 Å². The lowest BCUT2D eigenvalue weighted by molar-refractivity contribution is -0.0677. The molecule has 4 N–H and O–H groups in total. The molecule has 0 saturated heterocycles. The smallest absolute Gasteiger partial charge is 0.204 e. The van der Waals surface area contributed by atoms with E-state index in [0.717, 1.165) is 0 Å². The summed E-state index contributed by atoms with van der Waals surface area (Å²) in [7, 11) is 0. The van der Waals surface area contributed by atoms with Crippen LogP contribution in [0.1, 0.15) is 59.5 Å². The van der Waals surface area contributed by atoms with E-state index in [1.165, 1.54) is 6.07 Å². The second-order valence-corrected chi connectivity index (χ2v) is 9.28. The van der Waals surface area contributed by atoms with Gasteiger partial charge in [0.05, 0.1) is 35.4 Å². The molecule has 0 amide bonds. The summed E-state index contributed by atoms with van der Waals surface area (Å²) in [4.78, 5) is 13.6. The molecule has 2 aromatic rings. The molecular weight excluding hydrogens is 412 g/mol. The van der Waals surface area contributed by atoms with Gasteiger partial charge in [0.25, 0.3) is 0 Å². The summed E-state index contributed by atoms with van der Waals surface area (Å²) in [6, 6.07) is 4.61. The lowest BCUT2D eigenvalue weighted by Gasteiger charge is -2.40. The average molecular weight is 440 g/mol. The number of carbonyl (C=O) groups excluding carboxylic acids is 1. The summed E-state index contributed by atoms with van der Waals surface area (Å²) in [5.41, 5.74) is 0.564. The first-order valence-corrected chi connectivity index (χ1v) is 10.5. The van der Waals surface area contributed by atoms with Gasteiger partial charge in [0, 0.05) is 6.42 Å². The predicted octanol–water partition coefficient (Wildman–Crippen LogP) is 3.33. The number of phenols is 2. The molecule has 0 aliphatic carbocycles. The quantitative estimate of drug-likeness (QED) is 0.539. The minimum absolute atomic E-state index is 0.0174. The van der Waals surface area contributed by atoms with Crippen molar-refractivity contribution in [1.82, 2.24) is 0 Å². The number of aliphatic hydroxyl groups is 2. The Hall–Kier alpha value is -3.03. The zero-order valence-corrected chi connectivity index (χ0v) is 18.6. The number of aliphatic hydroxyl groups excluding tert-OH is 1. The number of fused-ring (bicyclic) bond motifs is 1. The van der Waals surface area contributed by atoms with Crippen molar-refractivity contribution < 1.29 is 34.7 Å². The Morgan fingerprint density at radius 3 is 2.59 bits per heavy atom. The van der Waals surface area contributed by atoms with Crippen LogP contribution in [0.4, 0.5) is 0 Å². The lowest BCUT2D eigenvalue weighted by Crippen LogP contribution is -2.44. The summed E-state index contributed by atoms with van der Waals surface area (Å²) >= 11 is 0. The maximum Gasteiger partial charge on any atom is 0.204 e. The fourth-order valence-electron chi connectivity index (χ4n) is 4.43. The molecule has 0 fully saturated rings. The van der Waals surface area contributed by atoms with Gasteiger partial charge in [0.1, 0.15) is 34.7 Å². The van der Waals surface area contributed by atoms with Gasteiger partial charge in [-0.3, -0.25) is 4.79 Å². The van der Waals surface area contributed by atoms with Crippen molar-refractivity contribution in [3.63, 3.8) is 0 Å². The van der Waals surface area contributed by atoms with Crippen molar-refractivity contribution in [3.05, 3.63) is 58.2 Å². The SMILES string of the molecule is C=C(C)C(O)Cc1ccc2c(c1O)C(=O)c1c(O)cc(C)c3c1C(O2)C(C(C)(C)O)CO3. The third-order valence-corrected chi connectivity index (χ3v) is 6.36. The average Bonchev–Trinajstić information content (AvgIpc) is 2.82. The fraction of sp³-hybridized carbons (Fsp3) is 0.400. The van der Waals surface area contributed by atoms with Crippen LogP contribution in [0.2, 0.25) is 0 Å². The number of carbonyl (C=O) groups is 1. The Kier molecular flexibility index (Phi) is 5.22. The first-order chi connectivity index (χ1) is 14.9. The highest BCUT2D eigenvalue weighted by Gasteiger charge is 2.47. The van der Waals surface area contributed by atoms with Crippen LogP contribution in [0.25, 0.3) is 0 Å². The van der Waals surface area contributed by atoms with Crippen molar-refractivity contribution in [3.8, 4) is 23.0 Å². The molecular formula is C25H28O7. The second-order valence-electron chi connectivity index (χ2n) is 9.28. The first kappa shape index (κ1) is 22.2. The van der Waals surface area contributed by atoms with Crippen molar-refractivity contribution in [2.75, 3.05) is 6.61 Å². The maximum atomic E-state index is 13.6. The second kappa shape index (κ2) is 7.53. The Balaban J connectivity index is 1.96. The van der Waals surface area contributed by atoms with Crippen LogP contribution in [-0.2, 0) is 6.42 Å². The van der Waals surface area contributed by atoms with E-state index in [1.807, 2.05) is 0 Å². The number of hydrogen-bond donors (Lipinski definition) is 4. The van der Waals surface area contributed by atoms with E-state index in [9.17, 15) is 25.2 Å². The molecule has 0 aromatic heterocycles. The summed E-state index contributed by atoms with van der Waals surface area (Å²) in [6.07, 6.45) is -1.60. The van der Waals surface area contributed by atoms with Gasteiger partial charge in [-0.05, 0) is 51.0 Å².